The molecule has 0 fully saturated rings. The van der Waals surface area contributed by atoms with E-state index in [2.05, 4.69) is 47.2 Å². The zero-order chi connectivity index (χ0) is 12.5. The second kappa shape index (κ2) is 4.11. The number of nitrogens with zero attached hydrogens (tertiary/aromatic N) is 2. The third-order valence-electron chi connectivity index (χ3n) is 2.95. The van der Waals surface area contributed by atoms with Crippen LogP contribution in [0.5, 0.6) is 0 Å². The number of aromatic nitrogens is 2. The molecule has 3 rings (SSSR count). The van der Waals surface area contributed by atoms with Crippen molar-refractivity contribution < 1.29 is 0 Å². The number of anilines is 1. The van der Waals surface area contributed by atoms with Gasteiger partial charge in [0.05, 0.1) is 0 Å². The summed E-state index contributed by atoms with van der Waals surface area (Å²) in [6.45, 7) is 2.08. The van der Waals surface area contributed by atoms with Gasteiger partial charge >= 0.3 is 0 Å². The van der Waals surface area contributed by atoms with Crippen LogP contribution in [-0.4, -0.2) is 9.97 Å². The molecule has 0 unspecified atom stereocenters. The van der Waals surface area contributed by atoms with Crippen molar-refractivity contribution in [2.24, 2.45) is 0 Å². The van der Waals surface area contributed by atoms with Gasteiger partial charge < -0.3 is 5.73 Å². The van der Waals surface area contributed by atoms with Gasteiger partial charge in [-0.3, -0.25) is 0 Å². The molecule has 0 saturated carbocycles. The first-order chi connectivity index (χ1) is 8.72. The normalized spacial score (nSPS) is 10.7. The zero-order valence-electron chi connectivity index (χ0n) is 10.1. The van der Waals surface area contributed by atoms with Crippen molar-refractivity contribution in [3.8, 4) is 11.1 Å². The Morgan fingerprint density at radius 2 is 1.72 bits per heavy atom. The van der Waals surface area contributed by atoms with Gasteiger partial charge in [-0.2, -0.15) is 0 Å². The van der Waals surface area contributed by atoms with Crippen LogP contribution in [-0.2, 0) is 0 Å². The lowest BCUT2D eigenvalue weighted by atomic mass is 10.1. The van der Waals surface area contributed by atoms with Gasteiger partial charge in [-0.05, 0) is 30.7 Å². The Kier molecular flexibility index (Phi) is 2.45. The molecular formula is C15H13N3. The van der Waals surface area contributed by atoms with Crippen molar-refractivity contribution in [2.75, 3.05) is 5.73 Å². The minimum Gasteiger partial charge on any atom is -0.384 e. The van der Waals surface area contributed by atoms with Gasteiger partial charge in [-0.15, -0.1) is 0 Å². The Balaban J connectivity index is 2.13. The molecule has 2 N–H and O–H groups in total. The van der Waals surface area contributed by atoms with Crippen molar-refractivity contribution in [2.45, 2.75) is 6.92 Å². The summed E-state index contributed by atoms with van der Waals surface area (Å²) in [6.07, 6.45) is 1.83. The average molecular weight is 235 g/mol. The van der Waals surface area contributed by atoms with Crippen LogP contribution in [0.2, 0.25) is 0 Å². The Labute approximate surface area is 105 Å². The van der Waals surface area contributed by atoms with Gasteiger partial charge in [0.2, 0.25) is 0 Å². The summed E-state index contributed by atoms with van der Waals surface area (Å²) in [6, 6.07) is 14.2. The molecule has 3 nitrogen and oxygen atoms in total. The van der Waals surface area contributed by atoms with Crippen molar-refractivity contribution in [1.29, 1.82) is 0 Å². The Morgan fingerprint density at radius 3 is 2.50 bits per heavy atom. The fourth-order valence-corrected chi connectivity index (χ4v) is 1.93. The number of rotatable bonds is 1. The van der Waals surface area contributed by atoms with Crippen LogP contribution in [0.15, 0.2) is 48.7 Å². The molecule has 0 aliphatic rings. The lowest BCUT2D eigenvalue weighted by molar-refractivity contribution is 1.29. The van der Waals surface area contributed by atoms with Gasteiger partial charge in [0.15, 0.2) is 5.65 Å². The lowest BCUT2D eigenvalue weighted by Crippen LogP contribution is -1.92. The SMILES string of the molecule is Cc1ccc(-c2cnc3nc(N)ccc3c2)cc1. The number of pyridine rings is 2. The van der Waals surface area contributed by atoms with Crippen LogP contribution < -0.4 is 5.73 Å². The molecule has 0 saturated heterocycles. The van der Waals surface area contributed by atoms with E-state index in [1.807, 2.05) is 12.3 Å². The standard InChI is InChI=1S/C15H13N3/c1-10-2-4-11(5-3-10)13-8-12-6-7-14(16)18-15(12)17-9-13/h2-9H,1H3,(H2,16,17,18). The number of nitrogen functional groups attached to an aromatic ring is 1. The van der Waals surface area contributed by atoms with Crippen molar-refractivity contribution >= 4 is 16.9 Å². The average Bonchev–Trinajstić information content (AvgIpc) is 2.39. The van der Waals surface area contributed by atoms with E-state index in [-0.39, 0.29) is 0 Å². The monoisotopic (exact) mass is 235 g/mol. The molecule has 1 aromatic carbocycles. The highest BCUT2D eigenvalue weighted by molar-refractivity contribution is 5.81. The number of fused-ring (bicyclic) bond motifs is 1. The van der Waals surface area contributed by atoms with Gasteiger partial charge in [0, 0.05) is 17.1 Å². The maximum Gasteiger partial charge on any atom is 0.161 e. The Morgan fingerprint density at radius 1 is 0.944 bits per heavy atom. The third kappa shape index (κ3) is 1.91. The highest BCUT2D eigenvalue weighted by atomic mass is 14.9. The highest BCUT2D eigenvalue weighted by Crippen LogP contribution is 2.22. The summed E-state index contributed by atoms with van der Waals surface area (Å²) in [4.78, 5) is 8.54. The summed E-state index contributed by atoms with van der Waals surface area (Å²) in [7, 11) is 0. The first kappa shape index (κ1) is 10.7. The summed E-state index contributed by atoms with van der Waals surface area (Å²) in [5.41, 5.74) is 9.83. The number of hydrogen-bond donors (Lipinski definition) is 1. The molecule has 0 atom stereocenters. The maximum absolute atomic E-state index is 5.64. The predicted molar refractivity (Wildman–Crippen MR) is 74.1 cm³/mol. The lowest BCUT2D eigenvalue weighted by Gasteiger charge is -2.04. The predicted octanol–water partition coefficient (Wildman–Crippen LogP) is 3.19. The molecule has 2 heterocycles. The van der Waals surface area contributed by atoms with Crippen molar-refractivity contribution in [1.82, 2.24) is 9.97 Å². The van der Waals surface area contributed by atoms with Crippen LogP contribution in [0.1, 0.15) is 5.56 Å². The Hall–Kier alpha value is -2.42. The van der Waals surface area contributed by atoms with E-state index in [1.54, 1.807) is 6.07 Å². The summed E-state index contributed by atoms with van der Waals surface area (Å²) in [5.74, 6) is 0.498. The molecule has 0 spiro atoms. The molecule has 0 aliphatic heterocycles. The van der Waals surface area contributed by atoms with E-state index < -0.39 is 0 Å². The van der Waals surface area contributed by atoms with Gasteiger partial charge in [0.1, 0.15) is 5.82 Å². The highest BCUT2D eigenvalue weighted by Gasteiger charge is 2.02. The van der Waals surface area contributed by atoms with Crippen molar-refractivity contribution in [3.05, 3.63) is 54.2 Å². The van der Waals surface area contributed by atoms with Gasteiger partial charge in [0.25, 0.3) is 0 Å². The zero-order valence-corrected chi connectivity index (χ0v) is 10.1. The molecule has 0 bridgehead atoms. The summed E-state index contributed by atoms with van der Waals surface area (Å²) < 4.78 is 0. The van der Waals surface area contributed by atoms with E-state index in [1.165, 1.54) is 5.56 Å². The van der Waals surface area contributed by atoms with Crippen LogP contribution in [0.3, 0.4) is 0 Å². The fraction of sp³-hybridized carbons (Fsp3) is 0.0667. The number of hydrogen-bond acceptors (Lipinski definition) is 3. The van der Waals surface area contributed by atoms with Crippen LogP contribution in [0.25, 0.3) is 22.2 Å². The van der Waals surface area contributed by atoms with Crippen LogP contribution in [0.4, 0.5) is 5.82 Å². The second-order valence-corrected chi connectivity index (χ2v) is 4.37. The molecule has 0 amide bonds. The topological polar surface area (TPSA) is 51.8 Å². The molecule has 3 heteroatoms. The second-order valence-electron chi connectivity index (χ2n) is 4.37. The molecule has 0 aliphatic carbocycles. The van der Waals surface area contributed by atoms with Gasteiger partial charge in [-0.1, -0.05) is 29.8 Å². The minimum absolute atomic E-state index is 0.498. The first-order valence-corrected chi connectivity index (χ1v) is 5.82. The number of benzene rings is 1. The van der Waals surface area contributed by atoms with E-state index >= 15 is 0 Å². The number of nitrogens with two attached hydrogens (primary N) is 1. The quantitative estimate of drug-likeness (QED) is 0.704. The molecule has 0 radical (unpaired) electrons. The van der Waals surface area contributed by atoms with E-state index in [9.17, 15) is 0 Å². The molecule has 88 valence electrons. The van der Waals surface area contributed by atoms with Crippen LogP contribution >= 0.6 is 0 Å². The third-order valence-corrected chi connectivity index (χ3v) is 2.95. The van der Waals surface area contributed by atoms with Crippen LogP contribution in [0, 0.1) is 6.92 Å². The van der Waals surface area contributed by atoms with Crippen molar-refractivity contribution in [3.63, 3.8) is 0 Å². The summed E-state index contributed by atoms with van der Waals surface area (Å²) >= 11 is 0. The molecular weight excluding hydrogens is 222 g/mol. The largest absolute Gasteiger partial charge is 0.384 e. The van der Waals surface area contributed by atoms with E-state index in [0.29, 0.717) is 11.5 Å². The molecule has 3 aromatic rings. The van der Waals surface area contributed by atoms with E-state index in [0.717, 1.165) is 16.5 Å². The summed E-state index contributed by atoms with van der Waals surface area (Å²) in [5, 5.41) is 1.00. The smallest absolute Gasteiger partial charge is 0.161 e. The first-order valence-electron chi connectivity index (χ1n) is 5.82. The van der Waals surface area contributed by atoms with E-state index in [4.69, 9.17) is 5.73 Å². The molecule has 2 aromatic heterocycles. The Bertz CT molecular complexity index is 703. The fourth-order valence-electron chi connectivity index (χ4n) is 1.93. The van der Waals surface area contributed by atoms with Gasteiger partial charge in [-0.25, -0.2) is 9.97 Å². The number of aryl methyl sites for hydroxylation is 1. The molecule has 18 heavy (non-hydrogen) atoms. The minimum atomic E-state index is 0.498. The maximum atomic E-state index is 5.64.